The molecule has 0 bridgehead atoms. The summed E-state index contributed by atoms with van der Waals surface area (Å²) in [7, 11) is 0. The van der Waals surface area contributed by atoms with Crippen LogP contribution < -0.4 is 5.73 Å². The summed E-state index contributed by atoms with van der Waals surface area (Å²) >= 11 is 0. The van der Waals surface area contributed by atoms with E-state index in [0.717, 1.165) is 17.9 Å². The predicted octanol–water partition coefficient (Wildman–Crippen LogP) is 3.01. The van der Waals surface area contributed by atoms with Crippen molar-refractivity contribution >= 4 is 0 Å². The summed E-state index contributed by atoms with van der Waals surface area (Å²) in [6.07, 6.45) is 9.50. The molecule has 0 aromatic rings. The molecule has 3 atom stereocenters. The number of nitrogens with two attached hydrogens (primary N) is 1. The molecule has 2 fully saturated rings. The zero-order chi connectivity index (χ0) is 12.3. The normalized spacial score (nSPS) is 34.2. The maximum atomic E-state index is 6.33. The molecule has 2 heteroatoms. The van der Waals surface area contributed by atoms with Gasteiger partial charge in [-0.05, 0) is 56.9 Å². The van der Waals surface area contributed by atoms with E-state index in [0.29, 0.717) is 6.04 Å². The summed E-state index contributed by atoms with van der Waals surface area (Å²) < 4.78 is 0. The van der Waals surface area contributed by atoms with Gasteiger partial charge in [-0.3, -0.25) is 0 Å². The lowest BCUT2D eigenvalue weighted by Crippen LogP contribution is -2.44. The fourth-order valence-electron chi connectivity index (χ4n) is 3.42. The van der Waals surface area contributed by atoms with Crippen molar-refractivity contribution in [2.45, 2.75) is 70.9 Å². The molecule has 2 saturated carbocycles. The minimum atomic E-state index is 0.468. The Morgan fingerprint density at radius 3 is 2.47 bits per heavy atom. The second-order valence-corrected chi connectivity index (χ2v) is 6.24. The van der Waals surface area contributed by atoms with Gasteiger partial charge in [0.1, 0.15) is 0 Å². The van der Waals surface area contributed by atoms with E-state index in [-0.39, 0.29) is 0 Å². The first-order valence-corrected chi connectivity index (χ1v) is 7.74. The third-order valence-corrected chi connectivity index (χ3v) is 4.77. The first kappa shape index (κ1) is 13.4. The summed E-state index contributed by atoms with van der Waals surface area (Å²) in [5.41, 5.74) is 6.33. The molecule has 2 aliphatic rings. The van der Waals surface area contributed by atoms with Crippen LogP contribution in [0.15, 0.2) is 0 Å². The molecule has 2 aliphatic carbocycles. The molecule has 2 nitrogen and oxygen atoms in total. The molecule has 2 rings (SSSR count). The Hall–Kier alpha value is -0.0800. The quantitative estimate of drug-likeness (QED) is 0.771. The van der Waals surface area contributed by atoms with Crippen LogP contribution in [0.5, 0.6) is 0 Å². The molecule has 100 valence electrons. The Morgan fingerprint density at radius 1 is 1.12 bits per heavy atom. The van der Waals surface area contributed by atoms with Crippen LogP contribution >= 0.6 is 0 Å². The van der Waals surface area contributed by atoms with E-state index in [1.807, 2.05) is 0 Å². The van der Waals surface area contributed by atoms with Gasteiger partial charge in [0.25, 0.3) is 0 Å². The summed E-state index contributed by atoms with van der Waals surface area (Å²) in [5, 5.41) is 0. The lowest BCUT2D eigenvalue weighted by molar-refractivity contribution is 0.149. The number of rotatable bonds is 6. The minimum Gasteiger partial charge on any atom is -0.327 e. The van der Waals surface area contributed by atoms with Crippen LogP contribution in [-0.2, 0) is 0 Å². The molecule has 0 aromatic carbocycles. The molecular formula is C15H30N2. The lowest BCUT2D eigenvalue weighted by atomic mass is 9.77. The highest BCUT2D eigenvalue weighted by molar-refractivity contribution is 4.89. The summed E-state index contributed by atoms with van der Waals surface area (Å²) in [6, 6.07) is 1.38. The maximum Gasteiger partial charge on any atom is 0.00965 e. The van der Waals surface area contributed by atoms with E-state index >= 15 is 0 Å². The average molecular weight is 238 g/mol. The van der Waals surface area contributed by atoms with Crippen LogP contribution in [0, 0.1) is 11.8 Å². The van der Waals surface area contributed by atoms with E-state index < -0.39 is 0 Å². The Labute approximate surface area is 107 Å². The first-order chi connectivity index (χ1) is 8.24. The van der Waals surface area contributed by atoms with Crippen molar-refractivity contribution in [3.63, 3.8) is 0 Å². The zero-order valence-electron chi connectivity index (χ0n) is 11.7. The van der Waals surface area contributed by atoms with Gasteiger partial charge >= 0.3 is 0 Å². The molecule has 0 heterocycles. The van der Waals surface area contributed by atoms with Gasteiger partial charge in [0.05, 0.1) is 0 Å². The molecule has 2 N–H and O–H groups in total. The van der Waals surface area contributed by atoms with Crippen LogP contribution in [0.1, 0.15) is 58.8 Å². The van der Waals surface area contributed by atoms with Crippen molar-refractivity contribution in [1.82, 2.24) is 4.90 Å². The SMILES string of the molecule is CCCN(CC1CC(CC)CCC1N)C1CC1. The van der Waals surface area contributed by atoms with Crippen molar-refractivity contribution in [3.8, 4) is 0 Å². The van der Waals surface area contributed by atoms with Crippen molar-refractivity contribution in [2.75, 3.05) is 13.1 Å². The molecule has 17 heavy (non-hydrogen) atoms. The highest BCUT2D eigenvalue weighted by Gasteiger charge is 2.33. The number of hydrogen-bond acceptors (Lipinski definition) is 2. The van der Waals surface area contributed by atoms with Crippen molar-refractivity contribution in [3.05, 3.63) is 0 Å². The van der Waals surface area contributed by atoms with Crippen LogP contribution in [0.4, 0.5) is 0 Å². The predicted molar refractivity (Wildman–Crippen MR) is 74.0 cm³/mol. The molecular weight excluding hydrogens is 208 g/mol. The fraction of sp³-hybridized carbons (Fsp3) is 1.00. The third-order valence-electron chi connectivity index (χ3n) is 4.77. The first-order valence-electron chi connectivity index (χ1n) is 7.74. The standard InChI is InChI=1S/C15H30N2/c1-3-9-17(14-6-7-14)11-13-10-12(4-2)5-8-15(13)16/h12-15H,3-11,16H2,1-2H3. The lowest BCUT2D eigenvalue weighted by Gasteiger charge is -2.37. The molecule has 0 saturated heterocycles. The van der Waals surface area contributed by atoms with Crippen molar-refractivity contribution in [1.29, 1.82) is 0 Å². The topological polar surface area (TPSA) is 29.3 Å². The number of hydrogen-bond donors (Lipinski definition) is 1. The molecule has 0 radical (unpaired) electrons. The second-order valence-electron chi connectivity index (χ2n) is 6.24. The Balaban J connectivity index is 1.85. The summed E-state index contributed by atoms with van der Waals surface area (Å²) in [4.78, 5) is 2.72. The van der Waals surface area contributed by atoms with Gasteiger partial charge in [0.15, 0.2) is 0 Å². The van der Waals surface area contributed by atoms with Crippen molar-refractivity contribution in [2.24, 2.45) is 17.6 Å². The van der Waals surface area contributed by atoms with Crippen LogP contribution in [0.25, 0.3) is 0 Å². The largest absolute Gasteiger partial charge is 0.327 e. The monoisotopic (exact) mass is 238 g/mol. The average Bonchev–Trinajstić information content (AvgIpc) is 3.15. The van der Waals surface area contributed by atoms with Gasteiger partial charge in [-0.1, -0.05) is 20.3 Å². The molecule has 0 aromatic heterocycles. The second kappa shape index (κ2) is 6.19. The van der Waals surface area contributed by atoms with E-state index in [9.17, 15) is 0 Å². The Morgan fingerprint density at radius 2 is 1.88 bits per heavy atom. The van der Waals surface area contributed by atoms with Crippen LogP contribution in [-0.4, -0.2) is 30.1 Å². The Kier molecular flexibility index (Phi) is 4.87. The van der Waals surface area contributed by atoms with Crippen LogP contribution in [0.2, 0.25) is 0 Å². The van der Waals surface area contributed by atoms with Crippen molar-refractivity contribution < 1.29 is 0 Å². The van der Waals surface area contributed by atoms with E-state index in [2.05, 4.69) is 18.7 Å². The molecule has 0 aliphatic heterocycles. The summed E-state index contributed by atoms with van der Waals surface area (Å²) in [6.45, 7) is 7.19. The van der Waals surface area contributed by atoms with Gasteiger partial charge in [-0.25, -0.2) is 0 Å². The van der Waals surface area contributed by atoms with Gasteiger partial charge < -0.3 is 10.6 Å². The third kappa shape index (κ3) is 3.69. The molecule has 0 spiro atoms. The molecule has 3 unspecified atom stereocenters. The van der Waals surface area contributed by atoms with E-state index in [4.69, 9.17) is 5.73 Å². The van der Waals surface area contributed by atoms with Gasteiger partial charge in [-0.15, -0.1) is 0 Å². The smallest absolute Gasteiger partial charge is 0.00965 e. The number of nitrogens with zero attached hydrogens (tertiary/aromatic N) is 1. The summed E-state index contributed by atoms with van der Waals surface area (Å²) in [5.74, 6) is 1.71. The maximum absolute atomic E-state index is 6.33. The van der Waals surface area contributed by atoms with Gasteiger partial charge in [-0.2, -0.15) is 0 Å². The fourth-order valence-corrected chi connectivity index (χ4v) is 3.42. The van der Waals surface area contributed by atoms with Gasteiger partial charge in [0.2, 0.25) is 0 Å². The van der Waals surface area contributed by atoms with Crippen LogP contribution in [0.3, 0.4) is 0 Å². The Bertz CT molecular complexity index is 225. The van der Waals surface area contributed by atoms with Gasteiger partial charge in [0, 0.05) is 18.6 Å². The highest BCUT2D eigenvalue weighted by Crippen LogP contribution is 2.34. The highest BCUT2D eigenvalue weighted by atomic mass is 15.2. The van der Waals surface area contributed by atoms with E-state index in [1.54, 1.807) is 0 Å². The van der Waals surface area contributed by atoms with E-state index in [1.165, 1.54) is 58.0 Å². The zero-order valence-corrected chi connectivity index (χ0v) is 11.7. The molecule has 0 amide bonds. The minimum absolute atomic E-state index is 0.468.